The van der Waals surface area contributed by atoms with E-state index < -0.39 is 0 Å². The van der Waals surface area contributed by atoms with Gasteiger partial charge in [-0.2, -0.15) is 5.10 Å². The molecule has 4 heteroatoms. The third kappa shape index (κ3) is 4.17. The van der Waals surface area contributed by atoms with E-state index in [1.54, 1.807) is 6.07 Å². The highest BCUT2D eigenvalue weighted by atomic mass is 19.1. The predicted octanol–water partition coefficient (Wildman–Crippen LogP) is 3.12. The standard InChI is InChI=1S/C16H22FN3/c1-12(2)9-18-10-16-6-7-20(19-16)11-14-4-5-15(17)8-13(14)3/h4-8,12,18H,9-11H2,1-3H3. The summed E-state index contributed by atoms with van der Waals surface area (Å²) in [6, 6.07) is 6.90. The largest absolute Gasteiger partial charge is 0.311 e. The van der Waals surface area contributed by atoms with Gasteiger partial charge in [-0.1, -0.05) is 19.9 Å². The number of nitrogens with zero attached hydrogens (tertiary/aromatic N) is 2. The first kappa shape index (κ1) is 14.7. The van der Waals surface area contributed by atoms with Gasteiger partial charge in [-0.05, 0) is 48.7 Å². The maximum absolute atomic E-state index is 13.1. The molecular formula is C16H22FN3. The highest BCUT2D eigenvalue weighted by Crippen LogP contribution is 2.11. The molecule has 0 bridgehead atoms. The Labute approximate surface area is 119 Å². The summed E-state index contributed by atoms with van der Waals surface area (Å²) in [5.41, 5.74) is 3.08. The van der Waals surface area contributed by atoms with E-state index in [0.29, 0.717) is 12.5 Å². The molecule has 2 aromatic rings. The van der Waals surface area contributed by atoms with Crippen LogP contribution in [0.15, 0.2) is 30.5 Å². The van der Waals surface area contributed by atoms with Crippen molar-refractivity contribution in [2.24, 2.45) is 5.92 Å². The number of hydrogen-bond acceptors (Lipinski definition) is 2. The highest BCUT2D eigenvalue weighted by molar-refractivity contribution is 5.26. The molecule has 0 saturated carbocycles. The Balaban J connectivity index is 1.95. The van der Waals surface area contributed by atoms with Crippen LogP contribution in [0.3, 0.4) is 0 Å². The van der Waals surface area contributed by atoms with Crippen molar-refractivity contribution in [3.63, 3.8) is 0 Å². The van der Waals surface area contributed by atoms with Crippen molar-refractivity contribution >= 4 is 0 Å². The average molecular weight is 275 g/mol. The summed E-state index contributed by atoms with van der Waals surface area (Å²) in [7, 11) is 0. The van der Waals surface area contributed by atoms with Gasteiger partial charge in [-0.15, -0.1) is 0 Å². The van der Waals surface area contributed by atoms with E-state index in [9.17, 15) is 4.39 Å². The zero-order valence-electron chi connectivity index (χ0n) is 12.4. The zero-order chi connectivity index (χ0) is 14.5. The van der Waals surface area contributed by atoms with Gasteiger partial charge in [0.15, 0.2) is 0 Å². The van der Waals surface area contributed by atoms with E-state index in [1.807, 2.05) is 29.9 Å². The Bertz CT molecular complexity index is 561. The number of rotatable bonds is 6. The second-order valence-corrected chi connectivity index (χ2v) is 5.60. The molecule has 1 aromatic heterocycles. The second kappa shape index (κ2) is 6.66. The van der Waals surface area contributed by atoms with Crippen LogP contribution in [0.5, 0.6) is 0 Å². The Kier molecular flexibility index (Phi) is 4.90. The molecule has 0 fully saturated rings. The molecule has 0 spiro atoms. The van der Waals surface area contributed by atoms with Crippen molar-refractivity contribution in [1.29, 1.82) is 0 Å². The van der Waals surface area contributed by atoms with Crippen LogP contribution in [0, 0.1) is 18.7 Å². The van der Waals surface area contributed by atoms with E-state index in [1.165, 1.54) is 6.07 Å². The van der Waals surface area contributed by atoms with Crippen LogP contribution in [0.25, 0.3) is 0 Å². The zero-order valence-corrected chi connectivity index (χ0v) is 12.4. The third-order valence-electron chi connectivity index (χ3n) is 3.19. The SMILES string of the molecule is Cc1cc(F)ccc1Cn1ccc(CNCC(C)C)n1. The lowest BCUT2D eigenvalue weighted by atomic mass is 10.1. The topological polar surface area (TPSA) is 29.9 Å². The minimum Gasteiger partial charge on any atom is -0.311 e. The first-order chi connectivity index (χ1) is 9.54. The van der Waals surface area contributed by atoms with Crippen molar-refractivity contribution in [2.75, 3.05) is 6.54 Å². The lowest BCUT2D eigenvalue weighted by Crippen LogP contribution is -2.19. The van der Waals surface area contributed by atoms with E-state index in [2.05, 4.69) is 24.3 Å². The van der Waals surface area contributed by atoms with Crippen molar-refractivity contribution in [1.82, 2.24) is 15.1 Å². The second-order valence-electron chi connectivity index (χ2n) is 5.60. The van der Waals surface area contributed by atoms with Gasteiger partial charge < -0.3 is 5.32 Å². The summed E-state index contributed by atoms with van der Waals surface area (Å²) >= 11 is 0. The molecule has 0 radical (unpaired) electrons. The molecule has 0 amide bonds. The van der Waals surface area contributed by atoms with Gasteiger partial charge in [0.25, 0.3) is 0 Å². The summed E-state index contributed by atoms with van der Waals surface area (Å²) in [6.45, 7) is 8.74. The molecule has 0 aliphatic heterocycles. The van der Waals surface area contributed by atoms with Crippen LogP contribution in [-0.2, 0) is 13.1 Å². The molecule has 20 heavy (non-hydrogen) atoms. The van der Waals surface area contributed by atoms with Crippen molar-refractivity contribution in [2.45, 2.75) is 33.9 Å². The molecule has 0 atom stereocenters. The predicted molar refractivity (Wildman–Crippen MR) is 79.0 cm³/mol. The van der Waals surface area contributed by atoms with Gasteiger partial charge in [0.1, 0.15) is 5.82 Å². The molecule has 108 valence electrons. The van der Waals surface area contributed by atoms with Crippen LogP contribution in [0.2, 0.25) is 0 Å². The quantitative estimate of drug-likeness (QED) is 0.878. The fraction of sp³-hybridized carbons (Fsp3) is 0.438. The van der Waals surface area contributed by atoms with Crippen molar-refractivity contribution in [3.8, 4) is 0 Å². The summed E-state index contributed by atoms with van der Waals surface area (Å²) in [6.07, 6.45) is 1.97. The van der Waals surface area contributed by atoms with Crippen LogP contribution in [-0.4, -0.2) is 16.3 Å². The molecule has 0 aliphatic rings. The Morgan fingerprint density at radius 3 is 2.80 bits per heavy atom. The maximum Gasteiger partial charge on any atom is 0.123 e. The van der Waals surface area contributed by atoms with Crippen LogP contribution in [0.4, 0.5) is 4.39 Å². The molecule has 3 nitrogen and oxygen atoms in total. The van der Waals surface area contributed by atoms with E-state index in [4.69, 9.17) is 0 Å². The van der Waals surface area contributed by atoms with Crippen molar-refractivity contribution < 1.29 is 4.39 Å². The Morgan fingerprint density at radius 1 is 1.30 bits per heavy atom. The van der Waals surface area contributed by atoms with Gasteiger partial charge in [0, 0.05) is 12.7 Å². The minimum absolute atomic E-state index is 0.190. The summed E-state index contributed by atoms with van der Waals surface area (Å²) < 4.78 is 15.0. The fourth-order valence-corrected chi connectivity index (χ4v) is 2.09. The number of halogens is 1. The maximum atomic E-state index is 13.1. The third-order valence-corrected chi connectivity index (χ3v) is 3.19. The van der Waals surface area contributed by atoms with Crippen LogP contribution >= 0.6 is 0 Å². The monoisotopic (exact) mass is 275 g/mol. The number of nitrogens with one attached hydrogen (secondary N) is 1. The molecule has 1 aromatic carbocycles. The van der Waals surface area contributed by atoms with Gasteiger partial charge >= 0.3 is 0 Å². The molecule has 0 aliphatic carbocycles. The number of aromatic nitrogens is 2. The molecule has 2 rings (SSSR count). The van der Waals surface area contributed by atoms with Gasteiger partial charge in [0.05, 0.1) is 12.2 Å². The average Bonchev–Trinajstić information content (AvgIpc) is 2.80. The van der Waals surface area contributed by atoms with Gasteiger partial charge in [0.2, 0.25) is 0 Å². The molecular weight excluding hydrogens is 253 g/mol. The summed E-state index contributed by atoms with van der Waals surface area (Å²) in [5.74, 6) is 0.448. The van der Waals surface area contributed by atoms with Gasteiger partial charge in [-0.3, -0.25) is 4.68 Å². The van der Waals surface area contributed by atoms with Crippen LogP contribution in [0.1, 0.15) is 30.7 Å². The van der Waals surface area contributed by atoms with E-state index in [0.717, 1.165) is 29.9 Å². The first-order valence-electron chi connectivity index (χ1n) is 7.02. The van der Waals surface area contributed by atoms with E-state index >= 15 is 0 Å². The van der Waals surface area contributed by atoms with Gasteiger partial charge in [-0.25, -0.2) is 4.39 Å². The first-order valence-corrected chi connectivity index (χ1v) is 7.02. The molecule has 1 heterocycles. The highest BCUT2D eigenvalue weighted by Gasteiger charge is 2.04. The van der Waals surface area contributed by atoms with E-state index in [-0.39, 0.29) is 5.82 Å². The summed E-state index contributed by atoms with van der Waals surface area (Å²) in [4.78, 5) is 0. The van der Waals surface area contributed by atoms with Crippen molar-refractivity contribution in [3.05, 3.63) is 53.1 Å². The fourth-order valence-electron chi connectivity index (χ4n) is 2.09. The molecule has 0 unspecified atom stereocenters. The number of benzene rings is 1. The number of aryl methyl sites for hydroxylation is 1. The Hall–Kier alpha value is -1.68. The minimum atomic E-state index is -0.190. The smallest absolute Gasteiger partial charge is 0.123 e. The van der Waals surface area contributed by atoms with Crippen LogP contribution < -0.4 is 5.32 Å². The Morgan fingerprint density at radius 2 is 2.10 bits per heavy atom. The lowest BCUT2D eigenvalue weighted by molar-refractivity contribution is 0.543. The molecule has 1 N–H and O–H groups in total. The normalized spacial score (nSPS) is 11.2. The summed E-state index contributed by atoms with van der Waals surface area (Å²) in [5, 5.41) is 7.90. The number of hydrogen-bond donors (Lipinski definition) is 1. The molecule has 0 saturated heterocycles. The lowest BCUT2D eigenvalue weighted by Gasteiger charge is -2.07.